The Labute approximate surface area is 110 Å². The van der Waals surface area contributed by atoms with Gasteiger partial charge in [-0.25, -0.2) is 0 Å². The van der Waals surface area contributed by atoms with Crippen molar-refractivity contribution in [3.63, 3.8) is 0 Å². The number of halogens is 1. The SMILES string of the molecule is CCCN(CC1CC1)c1ccc(CCl)cc1C. The Kier molecular flexibility index (Phi) is 4.33. The zero-order chi connectivity index (χ0) is 12.3. The molecule has 1 aliphatic rings. The first kappa shape index (κ1) is 12.8. The molecular formula is C15H22ClN. The summed E-state index contributed by atoms with van der Waals surface area (Å²) in [6.45, 7) is 6.84. The van der Waals surface area contributed by atoms with E-state index in [2.05, 4.69) is 36.9 Å². The van der Waals surface area contributed by atoms with Crippen molar-refractivity contribution in [1.29, 1.82) is 0 Å². The van der Waals surface area contributed by atoms with Crippen molar-refractivity contribution < 1.29 is 0 Å². The summed E-state index contributed by atoms with van der Waals surface area (Å²) >= 11 is 5.87. The molecule has 1 aromatic carbocycles. The lowest BCUT2D eigenvalue weighted by atomic mass is 10.1. The van der Waals surface area contributed by atoms with Crippen LogP contribution in [0.1, 0.15) is 37.3 Å². The summed E-state index contributed by atoms with van der Waals surface area (Å²) in [5, 5.41) is 0. The molecule has 0 spiro atoms. The third-order valence-corrected chi connectivity index (χ3v) is 3.73. The zero-order valence-corrected chi connectivity index (χ0v) is 11.6. The number of benzene rings is 1. The first-order chi connectivity index (χ1) is 8.24. The van der Waals surface area contributed by atoms with Gasteiger partial charge in [0.2, 0.25) is 0 Å². The number of hydrogen-bond acceptors (Lipinski definition) is 1. The maximum atomic E-state index is 5.87. The van der Waals surface area contributed by atoms with E-state index in [1.165, 1.54) is 42.6 Å². The average molecular weight is 252 g/mol. The molecule has 1 fully saturated rings. The molecule has 0 radical (unpaired) electrons. The highest BCUT2D eigenvalue weighted by Crippen LogP contribution is 2.32. The van der Waals surface area contributed by atoms with Crippen LogP contribution in [0.5, 0.6) is 0 Å². The highest BCUT2D eigenvalue weighted by atomic mass is 35.5. The van der Waals surface area contributed by atoms with Gasteiger partial charge in [-0.3, -0.25) is 0 Å². The van der Waals surface area contributed by atoms with Gasteiger partial charge in [0, 0.05) is 24.7 Å². The summed E-state index contributed by atoms with van der Waals surface area (Å²) in [5.74, 6) is 1.55. The topological polar surface area (TPSA) is 3.24 Å². The van der Waals surface area contributed by atoms with Gasteiger partial charge >= 0.3 is 0 Å². The van der Waals surface area contributed by atoms with E-state index in [1.54, 1.807) is 0 Å². The smallest absolute Gasteiger partial charge is 0.0474 e. The van der Waals surface area contributed by atoms with Crippen LogP contribution in [0.2, 0.25) is 0 Å². The molecule has 2 rings (SSSR count). The number of alkyl halides is 1. The predicted octanol–water partition coefficient (Wildman–Crippen LogP) is 4.36. The maximum Gasteiger partial charge on any atom is 0.0474 e. The number of rotatable bonds is 6. The zero-order valence-electron chi connectivity index (χ0n) is 10.9. The number of hydrogen-bond donors (Lipinski definition) is 0. The van der Waals surface area contributed by atoms with Crippen LogP contribution in [0.4, 0.5) is 5.69 Å². The van der Waals surface area contributed by atoms with E-state index in [4.69, 9.17) is 11.6 Å². The molecule has 1 aromatic rings. The van der Waals surface area contributed by atoms with Gasteiger partial charge in [0.05, 0.1) is 0 Å². The van der Waals surface area contributed by atoms with E-state index in [0.717, 1.165) is 12.5 Å². The fourth-order valence-electron chi connectivity index (χ4n) is 2.35. The van der Waals surface area contributed by atoms with E-state index in [9.17, 15) is 0 Å². The Morgan fingerprint density at radius 2 is 2.12 bits per heavy atom. The Bertz CT molecular complexity index is 371. The van der Waals surface area contributed by atoms with Crippen molar-refractivity contribution in [3.05, 3.63) is 29.3 Å². The van der Waals surface area contributed by atoms with Crippen molar-refractivity contribution in [2.24, 2.45) is 5.92 Å². The summed E-state index contributed by atoms with van der Waals surface area (Å²) in [5.41, 5.74) is 3.97. The second-order valence-electron chi connectivity index (χ2n) is 5.14. The molecule has 0 aliphatic heterocycles. The molecule has 0 amide bonds. The average Bonchev–Trinajstić information content (AvgIpc) is 3.12. The van der Waals surface area contributed by atoms with E-state index in [1.807, 2.05) is 0 Å². The third kappa shape index (κ3) is 3.38. The van der Waals surface area contributed by atoms with E-state index < -0.39 is 0 Å². The molecule has 0 heterocycles. The molecule has 0 bridgehead atoms. The summed E-state index contributed by atoms with van der Waals surface area (Å²) in [6.07, 6.45) is 4.04. The lowest BCUT2D eigenvalue weighted by molar-refractivity contribution is 0.706. The van der Waals surface area contributed by atoms with Crippen molar-refractivity contribution >= 4 is 17.3 Å². The highest BCUT2D eigenvalue weighted by molar-refractivity contribution is 6.17. The van der Waals surface area contributed by atoms with Gasteiger partial charge in [0.1, 0.15) is 0 Å². The van der Waals surface area contributed by atoms with E-state index >= 15 is 0 Å². The van der Waals surface area contributed by atoms with E-state index in [-0.39, 0.29) is 0 Å². The maximum absolute atomic E-state index is 5.87. The minimum atomic E-state index is 0.609. The third-order valence-electron chi connectivity index (χ3n) is 3.43. The van der Waals surface area contributed by atoms with Gasteiger partial charge in [-0.1, -0.05) is 19.1 Å². The molecule has 0 atom stereocenters. The van der Waals surface area contributed by atoms with Crippen LogP contribution in [-0.2, 0) is 5.88 Å². The normalized spacial score (nSPS) is 15.0. The number of anilines is 1. The predicted molar refractivity (Wildman–Crippen MR) is 76.0 cm³/mol. The van der Waals surface area contributed by atoms with Gasteiger partial charge in [-0.2, -0.15) is 0 Å². The Balaban J connectivity index is 2.15. The molecule has 0 saturated heterocycles. The first-order valence-corrected chi connectivity index (χ1v) is 7.18. The van der Waals surface area contributed by atoms with Crippen LogP contribution >= 0.6 is 11.6 Å². The quantitative estimate of drug-likeness (QED) is 0.679. The molecule has 1 aliphatic carbocycles. The standard InChI is InChI=1S/C15H22ClN/c1-3-8-17(11-13-4-5-13)15-7-6-14(10-16)9-12(15)2/h6-7,9,13H,3-5,8,10-11H2,1-2H3. The van der Waals surface area contributed by atoms with Crippen LogP contribution < -0.4 is 4.90 Å². The van der Waals surface area contributed by atoms with Gasteiger partial charge < -0.3 is 4.90 Å². The van der Waals surface area contributed by atoms with Crippen molar-refractivity contribution in [1.82, 2.24) is 0 Å². The summed E-state index contributed by atoms with van der Waals surface area (Å²) in [7, 11) is 0. The minimum absolute atomic E-state index is 0.609. The van der Waals surface area contributed by atoms with Crippen molar-refractivity contribution in [3.8, 4) is 0 Å². The molecule has 0 aromatic heterocycles. The van der Waals surface area contributed by atoms with Crippen LogP contribution in [-0.4, -0.2) is 13.1 Å². The largest absolute Gasteiger partial charge is 0.371 e. The van der Waals surface area contributed by atoms with Crippen LogP contribution in [0, 0.1) is 12.8 Å². The fourth-order valence-corrected chi connectivity index (χ4v) is 2.51. The van der Waals surface area contributed by atoms with Crippen molar-refractivity contribution in [2.45, 2.75) is 39.0 Å². The van der Waals surface area contributed by atoms with Crippen LogP contribution in [0.25, 0.3) is 0 Å². The lowest BCUT2D eigenvalue weighted by Crippen LogP contribution is -2.27. The number of aryl methyl sites for hydroxylation is 1. The molecular weight excluding hydrogens is 230 g/mol. The van der Waals surface area contributed by atoms with Gasteiger partial charge in [0.25, 0.3) is 0 Å². The van der Waals surface area contributed by atoms with Crippen molar-refractivity contribution in [2.75, 3.05) is 18.0 Å². The molecule has 2 heteroatoms. The highest BCUT2D eigenvalue weighted by Gasteiger charge is 2.24. The number of nitrogens with zero attached hydrogens (tertiary/aromatic N) is 1. The summed E-state index contributed by atoms with van der Waals surface area (Å²) in [4.78, 5) is 2.55. The van der Waals surface area contributed by atoms with Gasteiger partial charge in [-0.15, -0.1) is 11.6 Å². The van der Waals surface area contributed by atoms with Gasteiger partial charge in [0.15, 0.2) is 0 Å². The molecule has 1 saturated carbocycles. The van der Waals surface area contributed by atoms with Gasteiger partial charge in [-0.05, 0) is 49.3 Å². The molecule has 17 heavy (non-hydrogen) atoms. The molecule has 0 N–H and O–H groups in total. The fraction of sp³-hybridized carbons (Fsp3) is 0.600. The lowest BCUT2D eigenvalue weighted by Gasteiger charge is -2.26. The molecule has 0 unspecified atom stereocenters. The minimum Gasteiger partial charge on any atom is -0.371 e. The first-order valence-electron chi connectivity index (χ1n) is 6.65. The monoisotopic (exact) mass is 251 g/mol. The summed E-state index contributed by atoms with van der Waals surface area (Å²) in [6, 6.07) is 6.62. The Morgan fingerprint density at radius 3 is 2.65 bits per heavy atom. The van der Waals surface area contributed by atoms with Crippen LogP contribution in [0.3, 0.4) is 0 Å². The second-order valence-corrected chi connectivity index (χ2v) is 5.41. The van der Waals surface area contributed by atoms with E-state index in [0.29, 0.717) is 5.88 Å². The summed E-state index contributed by atoms with van der Waals surface area (Å²) < 4.78 is 0. The second kappa shape index (κ2) is 5.77. The van der Waals surface area contributed by atoms with Crippen LogP contribution in [0.15, 0.2) is 18.2 Å². The Morgan fingerprint density at radius 1 is 1.35 bits per heavy atom. The Hall–Kier alpha value is -0.690. The molecule has 94 valence electrons. The molecule has 1 nitrogen and oxygen atoms in total.